The van der Waals surface area contributed by atoms with Gasteiger partial charge in [0, 0.05) is 10.5 Å². The number of rotatable bonds is 6. The third kappa shape index (κ3) is 3.80. The summed E-state index contributed by atoms with van der Waals surface area (Å²) in [5, 5.41) is 9.35. The lowest BCUT2D eigenvalue weighted by Crippen LogP contribution is -2.38. The molecular weight excluding hydrogens is 419 g/mol. The van der Waals surface area contributed by atoms with Crippen LogP contribution in [0, 0.1) is 6.92 Å². The number of halogens is 1. The van der Waals surface area contributed by atoms with Gasteiger partial charge in [-0.15, -0.1) is 0 Å². The third-order valence-electron chi connectivity index (χ3n) is 2.88. The van der Waals surface area contributed by atoms with Crippen LogP contribution in [0.1, 0.15) is 5.56 Å². The number of aliphatic hydroxyl groups excluding tert-OH is 1. The van der Waals surface area contributed by atoms with E-state index in [2.05, 4.69) is 0 Å². The van der Waals surface area contributed by atoms with E-state index in [1.54, 1.807) is 29.8 Å². The summed E-state index contributed by atoms with van der Waals surface area (Å²) in [5.74, 6) is 0. The molecule has 0 atom stereocenters. The Morgan fingerprint density at radius 1 is 1.27 bits per heavy atom. The normalized spacial score (nSPS) is 10.9. The first-order valence-electron chi connectivity index (χ1n) is 6.50. The Kier molecular flexibility index (Phi) is 6.24. The molecule has 0 aliphatic carbocycles. The highest BCUT2D eigenvalue weighted by Crippen LogP contribution is 2.28. The molecule has 0 aliphatic heterocycles. The molecule has 2 rings (SSSR count). The largest absolute Gasteiger partial charge is 0.394 e. The maximum absolute atomic E-state index is 12.3. The van der Waals surface area contributed by atoms with Crippen LogP contribution in [-0.4, -0.2) is 25.7 Å². The average molecular weight is 434 g/mol. The lowest BCUT2D eigenvalue weighted by Gasteiger charge is -2.15. The maximum atomic E-state index is 12.3. The second kappa shape index (κ2) is 7.95. The summed E-state index contributed by atoms with van der Waals surface area (Å²) < 4.78 is 7.69. The van der Waals surface area contributed by atoms with Gasteiger partial charge in [-0.25, -0.2) is 4.79 Å². The number of aliphatic hydroxyl groups is 1. The van der Waals surface area contributed by atoms with E-state index in [1.807, 2.05) is 30.3 Å². The Bertz CT molecular complexity index is 758. The Hall–Kier alpha value is -1.10. The Morgan fingerprint density at radius 3 is 2.59 bits per heavy atom. The quantitative estimate of drug-likeness (QED) is 0.425. The molecule has 1 heterocycles. The van der Waals surface area contributed by atoms with Crippen molar-refractivity contribution in [3.63, 3.8) is 0 Å². The summed E-state index contributed by atoms with van der Waals surface area (Å²) in [4.78, 5) is 25.4. The first-order chi connectivity index (χ1) is 10.6. The van der Waals surface area contributed by atoms with Gasteiger partial charge in [-0.2, -0.15) is 2.78 Å². The molecule has 0 saturated carbocycles. The lowest BCUT2D eigenvalue weighted by atomic mass is 10.4. The zero-order chi connectivity index (χ0) is 16.1. The van der Waals surface area contributed by atoms with E-state index in [0.717, 1.165) is 7.68 Å². The molecule has 0 saturated heterocycles. The van der Waals surface area contributed by atoms with Crippen molar-refractivity contribution in [1.82, 2.24) is 7.35 Å². The fourth-order valence-corrected chi connectivity index (χ4v) is 3.41. The minimum absolute atomic E-state index is 0.0152. The Balaban J connectivity index is 2.49. The topological polar surface area (TPSA) is 73.5 Å². The number of aromatic nitrogens is 2. The van der Waals surface area contributed by atoms with E-state index in [9.17, 15) is 9.59 Å². The van der Waals surface area contributed by atoms with Gasteiger partial charge >= 0.3 is 5.69 Å². The van der Waals surface area contributed by atoms with Gasteiger partial charge in [0.05, 0.1) is 41.1 Å². The predicted molar refractivity (Wildman–Crippen MR) is 92.7 cm³/mol. The molecule has 118 valence electrons. The first kappa shape index (κ1) is 17.3. The summed E-state index contributed by atoms with van der Waals surface area (Å²) in [5.41, 5.74) is -0.300. The zero-order valence-corrected chi connectivity index (χ0v) is 14.8. The van der Waals surface area contributed by atoms with Crippen LogP contribution in [0.5, 0.6) is 0 Å². The number of benzene rings is 1. The van der Waals surface area contributed by atoms with E-state index < -0.39 is 5.69 Å². The number of hydrogen-bond donors (Lipinski definition) is 1. The molecule has 0 amide bonds. The molecule has 0 spiro atoms. The van der Waals surface area contributed by atoms with Crippen LogP contribution in [0.25, 0.3) is 0 Å². The second-order valence-corrected chi connectivity index (χ2v) is 6.43. The lowest BCUT2D eigenvalue weighted by molar-refractivity contribution is 0.0410. The number of nitrogens with zero attached hydrogens (tertiary/aromatic N) is 2. The molecule has 6 nitrogen and oxygen atoms in total. The summed E-state index contributed by atoms with van der Waals surface area (Å²) in [6.45, 7) is 1.67. The van der Waals surface area contributed by atoms with Gasteiger partial charge in [-0.05, 0) is 19.1 Å². The zero-order valence-electron chi connectivity index (χ0n) is 11.9. The molecule has 8 heteroatoms. The van der Waals surface area contributed by atoms with Gasteiger partial charge in [-0.1, -0.05) is 30.0 Å². The smallest absolute Gasteiger partial charge is 0.342 e. The standard InChI is InChI=1S/C14H15IN2O4S/c1-10-12(19)17(15)14(20)16(9-21-8-7-18)13(10)22-11-5-3-2-4-6-11/h2-6,18H,7-9H2,1H3. The van der Waals surface area contributed by atoms with Gasteiger partial charge in [-0.3, -0.25) is 9.36 Å². The van der Waals surface area contributed by atoms with Crippen molar-refractivity contribution in [2.24, 2.45) is 0 Å². The summed E-state index contributed by atoms with van der Waals surface area (Å²) >= 11 is 3.03. The van der Waals surface area contributed by atoms with Crippen LogP contribution in [0.4, 0.5) is 0 Å². The fourth-order valence-electron chi connectivity index (χ4n) is 1.79. The summed E-state index contributed by atoms with van der Waals surface area (Å²) in [7, 11) is 0. The maximum Gasteiger partial charge on any atom is 0.342 e. The van der Waals surface area contributed by atoms with Crippen LogP contribution in [0.2, 0.25) is 0 Å². The van der Waals surface area contributed by atoms with E-state index in [4.69, 9.17) is 9.84 Å². The SMILES string of the molecule is Cc1c(Sc2ccccc2)n(COCCO)c(=O)n(I)c1=O. The van der Waals surface area contributed by atoms with Crippen molar-refractivity contribution in [2.75, 3.05) is 13.2 Å². The van der Waals surface area contributed by atoms with E-state index in [0.29, 0.717) is 10.6 Å². The number of ether oxygens (including phenoxy) is 1. The summed E-state index contributed by atoms with van der Waals surface area (Å²) in [6, 6.07) is 9.49. The van der Waals surface area contributed by atoms with E-state index in [1.165, 1.54) is 16.3 Å². The molecule has 0 aliphatic rings. The molecule has 22 heavy (non-hydrogen) atoms. The van der Waals surface area contributed by atoms with Gasteiger partial charge in [0.1, 0.15) is 6.73 Å². The van der Waals surface area contributed by atoms with Crippen LogP contribution in [0.15, 0.2) is 49.8 Å². The molecule has 0 unspecified atom stereocenters. The van der Waals surface area contributed by atoms with Crippen LogP contribution < -0.4 is 11.2 Å². The van der Waals surface area contributed by atoms with E-state index in [-0.39, 0.29) is 25.5 Å². The van der Waals surface area contributed by atoms with Crippen molar-refractivity contribution in [2.45, 2.75) is 23.6 Å². The molecular formula is C14H15IN2O4S. The monoisotopic (exact) mass is 434 g/mol. The highest BCUT2D eigenvalue weighted by molar-refractivity contribution is 14.1. The minimum atomic E-state index is -0.451. The van der Waals surface area contributed by atoms with Crippen molar-refractivity contribution in [3.05, 3.63) is 56.7 Å². The molecule has 2 aromatic rings. The Labute approximate surface area is 145 Å². The predicted octanol–water partition coefficient (Wildman–Crippen LogP) is 1.63. The van der Waals surface area contributed by atoms with Crippen molar-refractivity contribution in [1.29, 1.82) is 0 Å². The molecule has 0 fully saturated rings. The van der Waals surface area contributed by atoms with Crippen LogP contribution in [0.3, 0.4) is 0 Å². The minimum Gasteiger partial charge on any atom is -0.394 e. The van der Waals surface area contributed by atoms with Crippen LogP contribution in [-0.2, 0) is 11.5 Å². The third-order valence-corrected chi connectivity index (χ3v) is 4.96. The van der Waals surface area contributed by atoms with Gasteiger partial charge < -0.3 is 9.84 Å². The average Bonchev–Trinajstić information content (AvgIpc) is 2.54. The molecule has 0 radical (unpaired) electrons. The van der Waals surface area contributed by atoms with Crippen molar-refractivity contribution < 1.29 is 9.84 Å². The van der Waals surface area contributed by atoms with Gasteiger partial charge in [0.25, 0.3) is 5.56 Å². The second-order valence-electron chi connectivity index (χ2n) is 4.40. The highest BCUT2D eigenvalue weighted by atomic mass is 127. The van der Waals surface area contributed by atoms with Crippen molar-refractivity contribution in [3.8, 4) is 0 Å². The Morgan fingerprint density at radius 2 is 1.95 bits per heavy atom. The van der Waals surface area contributed by atoms with Crippen LogP contribution >= 0.6 is 34.6 Å². The molecule has 1 aromatic heterocycles. The fraction of sp³-hybridized carbons (Fsp3) is 0.286. The highest BCUT2D eigenvalue weighted by Gasteiger charge is 2.16. The molecule has 1 N–H and O–H groups in total. The van der Waals surface area contributed by atoms with Gasteiger partial charge in [0.2, 0.25) is 0 Å². The number of hydrogen-bond acceptors (Lipinski definition) is 5. The molecule has 1 aromatic carbocycles. The van der Waals surface area contributed by atoms with Crippen molar-refractivity contribution >= 4 is 34.6 Å². The summed E-state index contributed by atoms with van der Waals surface area (Å²) in [6.07, 6.45) is 0. The van der Waals surface area contributed by atoms with E-state index >= 15 is 0 Å². The molecule has 0 bridgehead atoms. The van der Waals surface area contributed by atoms with Gasteiger partial charge in [0.15, 0.2) is 0 Å². The first-order valence-corrected chi connectivity index (χ1v) is 8.28.